The van der Waals surface area contributed by atoms with Crippen LogP contribution in [0.2, 0.25) is 0 Å². The number of ether oxygens (including phenoxy) is 1. The highest BCUT2D eigenvalue weighted by molar-refractivity contribution is 5.30. The fourth-order valence-corrected chi connectivity index (χ4v) is 3.68. The van der Waals surface area contributed by atoms with Gasteiger partial charge in [-0.15, -0.1) is 0 Å². The predicted octanol–water partition coefficient (Wildman–Crippen LogP) is 4.95. The van der Waals surface area contributed by atoms with Crippen molar-refractivity contribution in [1.82, 2.24) is 5.32 Å². The first-order valence-corrected chi connectivity index (χ1v) is 8.54. The molecule has 2 atom stereocenters. The molecule has 1 aliphatic rings. The van der Waals surface area contributed by atoms with Crippen LogP contribution in [-0.4, -0.2) is 13.2 Å². The van der Waals surface area contributed by atoms with E-state index < -0.39 is 0 Å². The first-order valence-electron chi connectivity index (χ1n) is 8.54. The van der Waals surface area contributed by atoms with Crippen molar-refractivity contribution in [2.75, 3.05) is 13.2 Å². The predicted molar refractivity (Wildman–Crippen MR) is 89.8 cm³/mol. The maximum Gasteiger partial charge on any atom is 0.119 e. The second-order valence-corrected chi connectivity index (χ2v) is 6.94. The summed E-state index contributed by atoms with van der Waals surface area (Å²) in [6, 6.07) is 9.20. The molecule has 0 radical (unpaired) electrons. The summed E-state index contributed by atoms with van der Waals surface area (Å²) in [5, 5.41) is 3.72. The smallest absolute Gasteiger partial charge is 0.119 e. The summed E-state index contributed by atoms with van der Waals surface area (Å²) in [5.74, 6) is 1.71. The van der Waals surface area contributed by atoms with E-state index in [0.717, 1.165) is 31.2 Å². The van der Waals surface area contributed by atoms with E-state index in [9.17, 15) is 0 Å². The van der Waals surface area contributed by atoms with Crippen molar-refractivity contribution in [3.63, 3.8) is 0 Å². The van der Waals surface area contributed by atoms with E-state index in [0.29, 0.717) is 11.5 Å². The van der Waals surface area contributed by atoms with E-state index in [1.165, 1.54) is 24.8 Å². The van der Waals surface area contributed by atoms with Gasteiger partial charge >= 0.3 is 0 Å². The number of rotatable bonds is 7. The summed E-state index contributed by atoms with van der Waals surface area (Å²) in [6.45, 7) is 11.0. The van der Waals surface area contributed by atoms with Gasteiger partial charge in [-0.2, -0.15) is 0 Å². The SMILES string of the molecule is CCCOc1ccc(C(NCC)C2CCCC2(C)C)cc1. The molecule has 0 aliphatic heterocycles. The van der Waals surface area contributed by atoms with Crippen molar-refractivity contribution in [2.45, 2.75) is 59.4 Å². The third kappa shape index (κ3) is 4.00. The molecule has 0 bridgehead atoms. The number of hydrogen-bond donors (Lipinski definition) is 1. The van der Waals surface area contributed by atoms with Crippen molar-refractivity contribution in [1.29, 1.82) is 0 Å². The van der Waals surface area contributed by atoms with Crippen LogP contribution < -0.4 is 10.1 Å². The minimum Gasteiger partial charge on any atom is -0.494 e. The molecule has 1 aliphatic carbocycles. The van der Waals surface area contributed by atoms with Crippen LogP contribution in [0.1, 0.15) is 65.0 Å². The molecule has 1 aromatic rings. The van der Waals surface area contributed by atoms with Crippen LogP contribution in [0.5, 0.6) is 5.75 Å². The minimum absolute atomic E-state index is 0.435. The van der Waals surface area contributed by atoms with Gasteiger partial charge in [-0.05, 0) is 54.8 Å². The lowest BCUT2D eigenvalue weighted by atomic mass is 9.75. The molecule has 1 aromatic carbocycles. The summed E-state index contributed by atoms with van der Waals surface area (Å²) in [7, 11) is 0. The Hall–Kier alpha value is -1.02. The largest absolute Gasteiger partial charge is 0.494 e. The highest BCUT2D eigenvalue weighted by Crippen LogP contribution is 2.48. The van der Waals surface area contributed by atoms with Gasteiger partial charge in [-0.1, -0.05) is 46.2 Å². The Morgan fingerprint density at radius 1 is 1.24 bits per heavy atom. The Labute approximate surface area is 130 Å². The van der Waals surface area contributed by atoms with E-state index in [1.807, 2.05) is 0 Å². The van der Waals surface area contributed by atoms with E-state index in [1.54, 1.807) is 0 Å². The Balaban J connectivity index is 2.14. The zero-order valence-electron chi connectivity index (χ0n) is 14.1. The van der Waals surface area contributed by atoms with Crippen LogP contribution in [0.3, 0.4) is 0 Å². The van der Waals surface area contributed by atoms with Crippen molar-refractivity contribution in [3.8, 4) is 5.75 Å². The van der Waals surface area contributed by atoms with Gasteiger partial charge in [0.05, 0.1) is 6.61 Å². The van der Waals surface area contributed by atoms with E-state index >= 15 is 0 Å². The zero-order valence-corrected chi connectivity index (χ0v) is 14.1. The van der Waals surface area contributed by atoms with Crippen molar-refractivity contribution < 1.29 is 4.74 Å². The zero-order chi connectivity index (χ0) is 15.3. The molecular formula is C19H31NO. The number of nitrogens with one attached hydrogen (secondary N) is 1. The van der Waals surface area contributed by atoms with Gasteiger partial charge in [0.1, 0.15) is 5.75 Å². The third-order valence-corrected chi connectivity index (χ3v) is 4.88. The monoisotopic (exact) mass is 289 g/mol. The summed E-state index contributed by atoms with van der Waals surface area (Å²) in [4.78, 5) is 0. The fraction of sp³-hybridized carbons (Fsp3) is 0.684. The second kappa shape index (κ2) is 7.31. The summed E-state index contributed by atoms with van der Waals surface area (Å²) in [6.07, 6.45) is 5.09. The van der Waals surface area contributed by atoms with Crippen molar-refractivity contribution in [3.05, 3.63) is 29.8 Å². The Bertz CT molecular complexity index is 424. The van der Waals surface area contributed by atoms with E-state index in [-0.39, 0.29) is 0 Å². The van der Waals surface area contributed by atoms with Crippen LogP contribution in [0.15, 0.2) is 24.3 Å². The molecule has 118 valence electrons. The molecule has 2 nitrogen and oxygen atoms in total. The van der Waals surface area contributed by atoms with Crippen LogP contribution in [-0.2, 0) is 0 Å². The molecule has 1 N–H and O–H groups in total. The summed E-state index contributed by atoms with van der Waals surface area (Å²) in [5.41, 5.74) is 1.84. The molecule has 2 heteroatoms. The second-order valence-electron chi connectivity index (χ2n) is 6.94. The van der Waals surface area contributed by atoms with Gasteiger partial charge in [0.15, 0.2) is 0 Å². The molecule has 1 saturated carbocycles. The molecule has 21 heavy (non-hydrogen) atoms. The molecule has 0 spiro atoms. The lowest BCUT2D eigenvalue weighted by molar-refractivity contribution is 0.199. The molecule has 0 heterocycles. The van der Waals surface area contributed by atoms with Gasteiger partial charge in [-0.3, -0.25) is 0 Å². The van der Waals surface area contributed by atoms with Crippen LogP contribution >= 0.6 is 0 Å². The van der Waals surface area contributed by atoms with Gasteiger partial charge in [0.25, 0.3) is 0 Å². The number of hydrogen-bond acceptors (Lipinski definition) is 2. The molecule has 2 unspecified atom stereocenters. The van der Waals surface area contributed by atoms with Crippen molar-refractivity contribution >= 4 is 0 Å². The summed E-state index contributed by atoms with van der Waals surface area (Å²) < 4.78 is 5.70. The van der Waals surface area contributed by atoms with Gasteiger partial charge in [0, 0.05) is 6.04 Å². The quantitative estimate of drug-likeness (QED) is 0.766. The average Bonchev–Trinajstić information content (AvgIpc) is 2.82. The normalized spacial score (nSPS) is 22.2. The Morgan fingerprint density at radius 3 is 2.48 bits per heavy atom. The maximum absolute atomic E-state index is 5.70. The van der Waals surface area contributed by atoms with Crippen LogP contribution in [0, 0.1) is 11.3 Å². The van der Waals surface area contributed by atoms with E-state index in [2.05, 4.69) is 57.3 Å². The van der Waals surface area contributed by atoms with E-state index in [4.69, 9.17) is 4.74 Å². The van der Waals surface area contributed by atoms with Crippen LogP contribution in [0.25, 0.3) is 0 Å². The standard InChI is InChI=1S/C19H31NO/c1-5-14-21-16-11-9-15(10-12-16)18(20-6-2)17-8-7-13-19(17,3)4/h9-12,17-18,20H,5-8,13-14H2,1-4H3. The Morgan fingerprint density at radius 2 is 1.95 bits per heavy atom. The molecule has 0 saturated heterocycles. The molecule has 2 rings (SSSR count). The lowest BCUT2D eigenvalue weighted by Crippen LogP contribution is -2.33. The third-order valence-electron chi connectivity index (χ3n) is 4.88. The first kappa shape index (κ1) is 16.4. The molecule has 0 aromatic heterocycles. The fourth-order valence-electron chi connectivity index (χ4n) is 3.68. The minimum atomic E-state index is 0.435. The topological polar surface area (TPSA) is 21.3 Å². The lowest BCUT2D eigenvalue weighted by Gasteiger charge is -2.35. The number of benzene rings is 1. The molecule has 0 amide bonds. The molecular weight excluding hydrogens is 258 g/mol. The molecule has 1 fully saturated rings. The first-order chi connectivity index (χ1) is 10.1. The highest BCUT2D eigenvalue weighted by atomic mass is 16.5. The maximum atomic E-state index is 5.70. The van der Waals surface area contributed by atoms with Crippen LogP contribution in [0.4, 0.5) is 0 Å². The Kier molecular flexibility index (Phi) is 5.69. The van der Waals surface area contributed by atoms with Crippen molar-refractivity contribution in [2.24, 2.45) is 11.3 Å². The van der Waals surface area contributed by atoms with Gasteiger partial charge < -0.3 is 10.1 Å². The van der Waals surface area contributed by atoms with Gasteiger partial charge in [-0.25, -0.2) is 0 Å². The highest BCUT2D eigenvalue weighted by Gasteiger charge is 2.39. The van der Waals surface area contributed by atoms with Gasteiger partial charge in [0.2, 0.25) is 0 Å². The summed E-state index contributed by atoms with van der Waals surface area (Å²) >= 11 is 0. The average molecular weight is 289 g/mol.